The van der Waals surface area contributed by atoms with Crippen LogP contribution in [-0.2, 0) is 0 Å². The second kappa shape index (κ2) is 16.9. The van der Waals surface area contributed by atoms with Gasteiger partial charge < -0.3 is 19.3 Å². The van der Waals surface area contributed by atoms with Crippen molar-refractivity contribution in [2.45, 2.75) is 12.0 Å². The first kappa shape index (κ1) is 40.2. The monoisotopic (exact) mass is 870 g/mol. The minimum absolute atomic E-state index is 0.192. The van der Waals surface area contributed by atoms with Crippen LogP contribution in [0.15, 0.2) is 243 Å². The highest BCUT2D eigenvalue weighted by molar-refractivity contribution is 6.10. The molecule has 0 saturated carbocycles. The molecule has 0 amide bonds. The van der Waals surface area contributed by atoms with E-state index in [1.165, 1.54) is 22.3 Å². The Kier molecular flexibility index (Phi) is 9.98. The topological polar surface area (TPSA) is 42.8 Å². The van der Waals surface area contributed by atoms with Crippen LogP contribution < -0.4 is 14.7 Å². The second-order valence-corrected chi connectivity index (χ2v) is 17.2. The number of benzene rings is 9. The summed E-state index contributed by atoms with van der Waals surface area (Å²) in [5, 5.41) is 12.0. The maximum absolute atomic E-state index is 9.67. The van der Waals surface area contributed by atoms with Crippen LogP contribution in [-0.4, -0.2) is 10.6 Å². The van der Waals surface area contributed by atoms with Gasteiger partial charge in [-0.05, 0) is 144 Å². The minimum Gasteiger partial charge on any atom is -0.333 e. The lowest BCUT2D eigenvalue weighted by atomic mass is 9.91. The maximum atomic E-state index is 9.67. The molecule has 6 heteroatoms. The third-order valence-corrected chi connectivity index (χ3v) is 13.3. The van der Waals surface area contributed by atoms with Crippen molar-refractivity contribution in [1.82, 2.24) is 4.57 Å². The Morgan fingerprint density at radius 3 is 1.62 bits per heavy atom. The summed E-state index contributed by atoms with van der Waals surface area (Å²) in [5.74, 6) is 0.212. The number of nitriles is 1. The molecule has 10 aromatic rings. The average Bonchev–Trinajstić information content (AvgIpc) is 3.92. The largest absolute Gasteiger partial charge is 0.333 e. The highest BCUT2D eigenvalue weighted by Crippen LogP contribution is 2.50. The Morgan fingerprint density at radius 1 is 0.471 bits per heavy atom. The maximum Gasteiger partial charge on any atom is 0.187 e. The number of hydrogen-bond donors (Lipinski definition) is 0. The third kappa shape index (κ3) is 6.97. The zero-order chi connectivity index (χ0) is 45.6. The Morgan fingerprint density at radius 2 is 0.985 bits per heavy atom. The van der Waals surface area contributed by atoms with Gasteiger partial charge >= 0.3 is 0 Å². The molecule has 0 bridgehead atoms. The molecule has 320 valence electrons. The highest BCUT2D eigenvalue weighted by atomic mass is 15.2. The molecule has 0 spiro atoms. The van der Waals surface area contributed by atoms with Crippen molar-refractivity contribution in [3.63, 3.8) is 0 Å². The van der Waals surface area contributed by atoms with Crippen molar-refractivity contribution in [2.24, 2.45) is 0 Å². The Bertz CT molecular complexity index is 3630. The highest BCUT2D eigenvalue weighted by Gasteiger charge is 2.38. The molecule has 0 N–H and O–H groups in total. The molecule has 2 unspecified atom stereocenters. The Balaban J connectivity index is 0.900. The molecule has 1 aliphatic carbocycles. The summed E-state index contributed by atoms with van der Waals surface area (Å²) in [5.41, 5.74) is 16.5. The summed E-state index contributed by atoms with van der Waals surface area (Å²) in [6.45, 7) is 7.62. The number of rotatable bonds is 9. The van der Waals surface area contributed by atoms with Gasteiger partial charge in [0.1, 0.15) is 0 Å². The van der Waals surface area contributed by atoms with Crippen molar-refractivity contribution in [3.05, 3.63) is 265 Å². The van der Waals surface area contributed by atoms with E-state index in [0.717, 1.165) is 67.4 Å². The van der Waals surface area contributed by atoms with Crippen LogP contribution in [0.25, 0.3) is 43.5 Å². The van der Waals surface area contributed by atoms with Gasteiger partial charge in [-0.15, -0.1) is 0 Å². The summed E-state index contributed by atoms with van der Waals surface area (Å²) in [6.07, 6.45) is 8.94. The van der Waals surface area contributed by atoms with Gasteiger partial charge in [-0.3, -0.25) is 0 Å². The zero-order valence-electron chi connectivity index (χ0n) is 36.9. The van der Waals surface area contributed by atoms with Crippen molar-refractivity contribution in [2.75, 3.05) is 14.7 Å². The lowest BCUT2D eigenvalue weighted by Gasteiger charge is -2.28. The van der Waals surface area contributed by atoms with Gasteiger partial charge in [0, 0.05) is 67.9 Å². The summed E-state index contributed by atoms with van der Waals surface area (Å²) in [4.78, 5) is 10.7. The summed E-state index contributed by atoms with van der Waals surface area (Å²) >= 11 is 0. The van der Waals surface area contributed by atoms with E-state index in [9.17, 15) is 5.26 Å². The van der Waals surface area contributed by atoms with Gasteiger partial charge in [-0.2, -0.15) is 5.26 Å². The van der Waals surface area contributed by atoms with Crippen molar-refractivity contribution >= 4 is 73.0 Å². The van der Waals surface area contributed by atoms with Crippen molar-refractivity contribution < 1.29 is 0 Å². The molecule has 6 nitrogen and oxygen atoms in total. The normalized spacial score (nSPS) is 14.6. The molecule has 68 heavy (non-hydrogen) atoms. The van der Waals surface area contributed by atoms with Gasteiger partial charge in [-0.1, -0.05) is 115 Å². The zero-order valence-corrected chi connectivity index (χ0v) is 36.9. The molecule has 2 aliphatic rings. The van der Waals surface area contributed by atoms with Gasteiger partial charge in [0.05, 0.1) is 35.3 Å². The van der Waals surface area contributed by atoms with E-state index in [1.54, 1.807) is 0 Å². The van der Waals surface area contributed by atoms with E-state index < -0.39 is 0 Å². The number of para-hydroxylation sites is 3. The summed E-state index contributed by atoms with van der Waals surface area (Å²) < 4.78 is 2.33. The lowest BCUT2D eigenvalue weighted by Crippen LogP contribution is -2.28. The number of allylic oxidation sites excluding steroid dienone is 2. The van der Waals surface area contributed by atoms with Crippen LogP contribution in [0, 0.1) is 17.9 Å². The van der Waals surface area contributed by atoms with Crippen LogP contribution >= 0.6 is 0 Å². The first-order chi connectivity index (χ1) is 33.6. The van der Waals surface area contributed by atoms with Crippen LogP contribution in [0.1, 0.15) is 17.0 Å². The molecule has 0 fully saturated rings. The lowest BCUT2D eigenvalue weighted by molar-refractivity contribution is 0.745. The average molecular weight is 871 g/mol. The second-order valence-electron chi connectivity index (χ2n) is 17.2. The van der Waals surface area contributed by atoms with E-state index in [1.807, 2.05) is 48.5 Å². The number of nitrogens with zero attached hydrogens (tertiary/aromatic N) is 6. The van der Waals surface area contributed by atoms with Crippen LogP contribution in [0.5, 0.6) is 0 Å². The fraction of sp³-hybridized carbons (Fsp3) is 0.0323. The molecule has 2 atom stereocenters. The van der Waals surface area contributed by atoms with E-state index >= 15 is 0 Å². The SMILES string of the molecule is [C-]#[N+]c1ccc(N(c2ccc(-c3ccc(N(c4ccc(C#N)cc4)c4ccc5c(c4)c4ccccc4n5-c4ccccc4)cc3)cc2)c2ccc3c(c2)C2C=CC=CC2N3c2ccccc2)cc1. The first-order valence-electron chi connectivity index (χ1n) is 22.8. The van der Waals surface area contributed by atoms with Crippen LogP contribution in [0.4, 0.5) is 51.2 Å². The van der Waals surface area contributed by atoms with Crippen LogP contribution in [0.2, 0.25) is 0 Å². The van der Waals surface area contributed by atoms with Crippen molar-refractivity contribution in [1.29, 1.82) is 5.26 Å². The van der Waals surface area contributed by atoms with E-state index in [0.29, 0.717) is 11.3 Å². The predicted molar refractivity (Wildman–Crippen MR) is 280 cm³/mol. The minimum atomic E-state index is 0.192. The van der Waals surface area contributed by atoms with Crippen LogP contribution in [0.3, 0.4) is 0 Å². The van der Waals surface area contributed by atoms with Gasteiger partial charge in [0.2, 0.25) is 0 Å². The van der Waals surface area contributed by atoms with Gasteiger partial charge in [0.15, 0.2) is 5.69 Å². The van der Waals surface area contributed by atoms with E-state index in [4.69, 9.17) is 6.57 Å². The standard InChI is InChI=1S/C62H42N6/c1-64-46-26-34-52(35-27-46)66(54-37-39-62-58(41-54)56-17-9-11-19-60(56)68(62)48-14-6-3-7-15-48)51-32-24-45(25-33-51)44-22-30-50(31-23-44)65(49-28-20-43(42-63)21-29-49)53-36-38-61-57(40-53)55-16-8-10-18-59(55)67(61)47-12-4-2-5-13-47/h2-41,56,60H. The fourth-order valence-corrected chi connectivity index (χ4v) is 10.2. The molecule has 1 aliphatic heterocycles. The predicted octanol–water partition coefficient (Wildman–Crippen LogP) is 16.5. The Labute approximate surface area is 395 Å². The fourth-order valence-electron chi connectivity index (χ4n) is 10.2. The van der Waals surface area contributed by atoms with Crippen molar-refractivity contribution in [3.8, 4) is 22.9 Å². The van der Waals surface area contributed by atoms with E-state index in [-0.39, 0.29) is 12.0 Å². The number of anilines is 8. The third-order valence-electron chi connectivity index (χ3n) is 13.3. The number of aromatic nitrogens is 1. The van der Waals surface area contributed by atoms with Gasteiger partial charge in [-0.25, -0.2) is 4.85 Å². The van der Waals surface area contributed by atoms with E-state index in [2.05, 4.69) is 224 Å². The molecular formula is C62H42N6. The molecule has 1 aromatic heterocycles. The molecule has 12 rings (SSSR count). The molecule has 2 heterocycles. The molecule has 0 radical (unpaired) electrons. The Hall–Kier alpha value is -9.36. The quantitative estimate of drug-likeness (QED) is 0.136. The van der Waals surface area contributed by atoms with Gasteiger partial charge in [0.25, 0.3) is 0 Å². The molecular weight excluding hydrogens is 829 g/mol. The summed E-state index contributed by atoms with van der Waals surface area (Å²) in [6, 6.07) is 78.8. The number of hydrogen-bond acceptors (Lipinski definition) is 4. The first-order valence-corrected chi connectivity index (χ1v) is 22.8. The number of fused-ring (bicyclic) bond motifs is 6. The molecule has 9 aromatic carbocycles. The summed E-state index contributed by atoms with van der Waals surface area (Å²) in [7, 11) is 0. The molecule has 0 saturated heterocycles. The smallest absolute Gasteiger partial charge is 0.187 e.